The van der Waals surface area contributed by atoms with Gasteiger partial charge in [0.15, 0.2) is 0 Å². The summed E-state index contributed by atoms with van der Waals surface area (Å²) in [6, 6.07) is 23.8. The van der Waals surface area contributed by atoms with E-state index in [1.807, 2.05) is 66.9 Å². The molecule has 0 aliphatic rings. The molecule has 4 rings (SSSR count). The van der Waals surface area contributed by atoms with E-state index in [9.17, 15) is 14.9 Å². The van der Waals surface area contributed by atoms with Gasteiger partial charge in [0.2, 0.25) is 10.7 Å². The van der Waals surface area contributed by atoms with E-state index in [1.165, 1.54) is 30.4 Å². The molecule has 0 aliphatic heterocycles. The number of benzene rings is 3. The van der Waals surface area contributed by atoms with E-state index in [2.05, 4.69) is 5.32 Å². The van der Waals surface area contributed by atoms with Crippen molar-refractivity contribution in [3.05, 3.63) is 110 Å². The number of nitrogens with one attached hydrogen (secondary N) is 1. The van der Waals surface area contributed by atoms with E-state index in [0.717, 1.165) is 28.1 Å². The van der Waals surface area contributed by atoms with E-state index < -0.39 is 4.92 Å². The Morgan fingerprint density at radius 3 is 2.46 bits per heavy atom. The van der Waals surface area contributed by atoms with Gasteiger partial charge in [0.1, 0.15) is 0 Å². The van der Waals surface area contributed by atoms with Crippen LogP contribution in [0.5, 0.6) is 0 Å². The van der Waals surface area contributed by atoms with Gasteiger partial charge in [-0.05, 0) is 42.3 Å². The van der Waals surface area contributed by atoms with Crippen LogP contribution in [-0.4, -0.2) is 21.2 Å². The molecule has 35 heavy (non-hydrogen) atoms. The lowest BCUT2D eigenvalue weighted by Crippen LogP contribution is -2.14. The molecule has 9 heteroatoms. The number of hydrogen-bond acceptors (Lipinski definition) is 6. The number of aromatic nitrogens is 1. The smallest absolute Gasteiger partial charge is 0.269 e. The summed E-state index contributed by atoms with van der Waals surface area (Å²) < 4.78 is 1.76. The van der Waals surface area contributed by atoms with Gasteiger partial charge in [-0.3, -0.25) is 19.9 Å². The van der Waals surface area contributed by atoms with Crippen LogP contribution >= 0.6 is 11.3 Å². The zero-order valence-electron chi connectivity index (χ0n) is 19.2. The predicted octanol–water partition coefficient (Wildman–Crippen LogP) is 5.46. The first-order valence-electron chi connectivity index (χ1n) is 10.8. The standard InChI is InChI=1S/C26H23N5O3S/c1-18(22-9-6-10-23(15-22)28-19(2)32)29-30-25(21-11-13-24(14-12-21)31(33)34)17-35-26(30)27-16-20-7-4-3-5-8-20/h3-15,17H,16H2,1-2H3,(H,28,32). The second kappa shape index (κ2) is 10.7. The predicted molar refractivity (Wildman–Crippen MR) is 138 cm³/mol. The normalized spacial score (nSPS) is 11.9. The van der Waals surface area contributed by atoms with Crippen LogP contribution < -0.4 is 10.1 Å². The van der Waals surface area contributed by atoms with Crippen molar-refractivity contribution in [2.75, 3.05) is 5.32 Å². The average molecular weight is 486 g/mol. The fourth-order valence-corrected chi connectivity index (χ4v) is 4.26. The van der Waals surface area contributed by atoms with Crippen LogP contribution in [0.3, 0.4) is 0 Å². The minimum absolute atomic E-state index is 0.0268. The molecular weight excluding hydrogens is 462 g/mol. The van der Waals surface area contributed by atoms with Gasteiger partial charge >= 0.3 is 0 Å². The van der Waals surface area contributed by atoms with Crippen molar-refractivity contribution in [1.29, 1.82) is 0 Å². The third-order valence-corrected chi connectivity index (χ3v) is 6.00. The van der Waals surface area contributed by atoms with Crippen LogP contribution in [0.25, 0.3) is 11.3 Å². The molecular formula is C26H23N5O3S. The fraction of sp³-hybridized carbons (Fsp3) is 0.115. The van der Waals surface area contributed by atoms with E-state index in [0.29, 0.717) is 17.0 Å². The lowest BCUT2D eigenvalue weighted by Gasteiger charge is -2.08. The van der Waals surface area contributed by atoms with Gasteiger partial charge in [-0.1, -0.05) is 42.5 Å². The fourth-order valence-electron chi connectivity index (χ4n) is 3.43. The molecule has 0 atom stereocenters. The van der Waals surface area contributed by atoms with Crippen molar-refractivity contribution in [2.24, 2.45) is 10.1 Å². The van der Waals surface area contributed by atoms with E-state index in [1.54, 1.807) is 16.8 Å². The SMILES string of the molecule is CC(=O)Nc1cccc(C(C)=Nn2c(-c3ccc([N+](=O)[O-])cc3)csc2=NCc2ccccc2)c1. The maximum absolute atomic E-state index is 11.5. The highest BCUT2D eigenvalue weighted by Crippen LogP contribution is 2.24. The van der Waals surface area contributed by atoms with Crippen LogP contribution in [0.1, 0.15) is 25.0 Å². The summed E-state index contributed by atoms with van der Waals surface area (Å²) in [6.07, 6.45) is 0. The zero-order chi connectivity index (χ0) is 24.8. The van der Waals surface area contributed by atoms with Gasteiger partial charge in [0.25, 0.3) is 5.69 Å². The summed E-state index contributed by atoms with van der Waals surface area (Å²) in [4.78, 5) is 27.6. The van der Waals surface area contributed by atoms with Gasteiger partial charge in [-0.2, -0.15) is 5.10 Å². The number of amides is 1. The Morgan fingerprint density at radius 2 is 1.77 bits per heavy atom. The number of rotatable bonds is 7. The Labute approximate surface area is 206 Å². The van der Waals surface area contributed by atoms with Crippen LogP contribution in [0, 0.1) is 10.1 Å². The summed E-state index contributed by atoms with van der Waals surface area (Å²) in [5.74, 6) is -0.147. The first-order valence-corrected chi connectivity index (χ1v) is 11.7. The van der Waals surface area contributed by atoms with E-state index in [4.69, 9.17) is 10.1 Å². The van der Waals surface area contributed by atoms with Crippen molar-refractivity contribution < 1.29 is 9.72 Å². The Kier molecular flexibility index (Phi) is 7.27. The molecule has 1 amide bonds. The van der Waals surface area contributed by atoms with Crippen molar-refractivity contribution >= 4 is 34.3 Å². The third-order valence-electron chi connectivity index (χ3n) is 5.15. The zero-order valence-corrected chi connectivity index (χ0v) is 20.0. The maximum atomic E-state index is 11.5. The van der Waals surface area contributed by atoms with Gasteiger partial charge in [-0.25, -0.2) is 4.68 Å². The number of non-ortho nitro benzene ring substituents is 1. The third kappa shape index (κ3) is 5.96. The van der Waals surface area contributed by atoms with Gasteiger partial charge < -0.3 is 5.32 Å². The number of nitrogens with zero attached hydrogens (tertiary/aromatic N) is 4. The summed E-state index contributed by atoms with van der Waals surface area (Å²) in [7, 11) is 0. The van der Waals surface area contributed by atoms with Crippen molar-refractivity contribution in [3.8, 4) is 11.3 Å². The summed E-state index contributed by atoms with van der Waals surface area (Å²) in [6.45, 7) is 3.84. The molecule has 0 spiro atoms. The number of nitro benzene ring substituents is 1. The largest absolute Gasteiger partial charge is 0.326 e. The van der Waals surface area contributed by atoms with Crippen molar-refractivity contribution in [1.82, 2.24) is 4.68 Å². The minimum atomic E-state index is -0.420. The summed E-state index contributed by atoms with van der Waals surface area (Å²) in [5, 5.41) is 20.7. The lowest BCUT2D eigenvalue weighted by atomic mass is 10.1. The monoisotopic (exact) mass is 485 g/mol. The molecule has 3 aromatic carbocycles. The molecule has 1 N–H and O–H groups in total. The van der Waals surface area contributed by atoms with Crippen LogP contribution in [0.2, 0.25) is 0 Å². The molecule has 8 nitrogen and oxygen atoms in total. The Hall–Kier alpha value is -4.37. The quantitative estimate of drug-likeness (QED) is 0.214. The molecule has 1 heterocycles. The molecule has 0 radical (unpaired) electrons. The minimum Gasteiger partial charge on any atom is -0.326 e. The van der Waals surface area contributed by atoms with Crippen LogP contribution in [-0.2, 0) is 11.3 Å². The molecule has 0 saturated heterocycles. The lowest BCUT2D eigenvalue weighted by molar-refractivity contribution is -0.384. The molecule has 4 aromatic rings. The van der Waals surface area contributed by atoms with Crippen molar-refractivity contribution in [3.63, 3.8) is 0 Å². The average Bonchev–Trinajstić information content (AvgIpc) is 3.25. The first kappa shape index (κ1) is 23.8. The Bertz CT molecular complexity index is 1450. The van der Waals surface area contributed by atoms with Gasteiger partial charge in [0.05, 0.1) is 22.9 Å². The number of nitro groups is 1. The van der Waals surface area contributed by atoms with E-state index >= 15 is 0 Å². The number of thiazole rings is 1. The second-order valence-electron chi connectivity index (χ2n) is 7.77. The highest BCUT2D eigenvalue weighted by molar-refractivity contribution is 7.07. The highest BCUT2D eigenvalue weighted by Gasteiger charge is 2.12. The second-order valence-corrected chi connectivity index (χ2v) is 8.61. The Balaban J connectivity index is 1.78. The van der Waals surface area contributed by atoms with Gasteiger partial charge in [0, 0.05) is 35.7 Å². The summed E-state index contributed by atoms with van der Waals surface area (Å²) >= 11 is 1.45. The Morgan fingerprint density at radius 1 is 1.03 bits per heavy atom. The maximum Gasteiger partial charge on any atom is 0.269 e. The van der Waals surface area contributed by atoms with Crippen LogP contribution in [0.4, 0.5) is 11.4 Å². The molecule has 0 unspecified atom stereocenters. The van der Waals surface area contributed by atoms with Crippen LogP contribution in [0.15, 0.2) is 94.3 Å². The molecule has 0 aliphatic carbocycles. The first-order chi connectivity index (χ1) is 16.9. The number of carbonyl (C=O) groups is 1. The summed E-state index contributed by atoms with van der Waals surface area (Å²) in [5.41, 5.74) is 4.92. The van der Waals surface area contributed by atoms with Crippen molar-refractivity contribution in [2.45, 2.75) is 20.4 Å². The topological polar surface area (TPSA) is 102 Å². The molecule has 176 valence electrons. The number of carbonyl (C=O) groups excluding carboxylic acids is 1. The molecule has 0 fully saturated rings. The highest BCUT2D eigenvalue weighted by atomic mass is 32.1. The molecule has 1 aromatic heterocycles. The molecule has 0 saturated carbocycles. The van der Waals surface area contributed by atoms with E-state index in [-0.39, 0.29) is 11.6 Å². The molecule has 0 bridgehead atoms. The van der Waals surface area contributed by atoms with Gasteiger partial charge in [-0.15, -0.1) is 11.3 Å². The number of anilines is 1. The number of hydrogen-bond donors (Lipinski definition) is 1.